The van der Waals surface area contributed by atoms with Gasteiger partial charge in [0.15, 0.2) is 5.13 Å². The Morgan fingerprint density at radius 2 is 2.19 bits per heavy atom. The molecule has 0 aliphatic carbocycles. The van der Waals surface area contributed by atoms with Crippen LogP contribution in [0.1, 0.15) is 17.5 Å². The van der Waals surface area contributed by atoms with Crippen molar-refractivity contribution < 1.29 is 4.79 Å². The van der Waals surface area contributed by atoms with Gasteiger partial charge in [-0.3, -0.25) is 5.32 Å². The summed E-state index contributed by atoms with van der Waals surface area (Å²) >= 11 is 1.48. The average molecular weight is 305 g/mol. The van der Waals surface area contributed by atoms with Crippen LogP contribution in [-0.2, 0) is 13.0 Å². The third kappa shape index (κ3) is 4.42. The van der Waals surface area contributed by atoms with Crippen molar-refractivity contribution in [2.24, 2.45) is 0 Å². The third-order valence-corrected chi connectivity index (χ3v) is 3.86. The van der Waals surface area contributed by atoms with Crippen LogP contribution in [0.25, 0.3) is 0 Å². The van der Waals surface area contributed by atoms with E-state index < -0.39 is 0 Å². The Morgan fingerprint density at radius 1 is 1.38 bits per heavy atom. The molecule has 7 heteroatoms. The first-order chi connectivity index (χ1) is 10.1. The lowest BCUT2D eigenvalue weighted by Gasteiger charge is -2.12. The first-order valence-corrected chi connectivity index (χ1v) is 7.53. The molecule has 0 aliphatic heterocycles. The van der Waals surface area contributed by atoms with Crippen LogP contribution in [0.5, 0.6) is 0 Å². The number of aryl methyl sites for hydroxylation is 1. The zero-order valence-electron chi connectivity index (χ0n) is 12.4. The van der Waals surface area contributed by atoms with Crippen LogP contribution in [0.15, 0.2) is 24.4 Å². The van der Waals surface area contributed by atoms with Crippen molar-refractivity contribution in [3.8, 4) is 0 Å². The molecule has 2 N–H and O–H groups in total. The highest BCUT2D eigenvalue weighted by Gasteiger charge is 2.06. The average Bonchev–Trinajstić information content (AvgIpc) is 2.93. The van der Waals surface area contributed by atoms with Gasteiger partial charge in [0.25, 0.3) is 0 Å². The second-order valence-electron chi connectivity index (χ2n) is 4.67. The van der Waals surface area contributed by atoms with E-state index in [4.69, 9.17) is 0 Å². The SMILES string of the molecule is CCc1cnc(NC(=O)NCc2cccc(N(C)C)n2)s1. The topological polar surface area (TPSA) is 70.2 Å². The van der Waals surface area contributed by atoms with Crippen LogP contribution < -0.4 is 15.5 Å². The fourth-order valence-corrected chi connectivity index (χ4v) is 2.40. The quantitative estimate of drug-likeness (QED) is 0.890. The van der Waals surface area contributed by atoms with Gasteiger partial charge in [0.2, 0.25) is 0 Å². The van der Waals surface area contributed by atoms with E-state index in [1.54, 1.807) is 6.20 Å². The minimum atomic E-state index is -0.274. The molecular formula is C14H19N5OS. The Hall–Kier alpha value is -2.15. The molecule has 6 nitrogen and oxygen atoms in total. The van der Waals surface area contributed by atoms with Crippen molar-refractivity contribution in [2.45, 2.75) is 19.9 Å². The summed E-state index contributed by atoms with van der Waals surface area (Å²) in [6.45, 7) is 2.43. The van der Waals surface area contributed by atoms with Gasteiger partial charge >= 0.3 is 6.03 Å². The summed E-state index contributed by atoms with van der Waals surface area (Å²) in [5.74, 6) is 0.863. The van der Waals surface area contributed by atoms with Crippen LogP contribution in [0.3, 0.4) is 0 Å². The maximum absolute atomic E-state index is 11.8. The molecular weight excluding hydrogens is 286 g/mol. The number of hydrogen-bond donors (Lipinski definition) is 2. The lowest BCUT2D eigenvalue weighted by molar-refractivity contribution is 0.251. The number of carbonyl (C=O) groups is 1. The number of rotatable bonds is 5. The normalized spacial score (nSPS) is 10.2. The highest BCUT2D eigenvalue weighted by Crippen LogP contribution is 2.18. The number of thiazole rings is 1. The molecule has 0 atom stereocenters. The summed E-state index contributed by atoms with van der Waals surface area (Å²) in [4.78, 5) is 23.5. The number of anilines is 2. The van der Waals surface area contributed by atoms with Crippen LogP contribution in [0.4, 0.5) is 15.7 Å². The van der Waals surface area contributed by atoms with Crippen molar-refractivity contribution in [1.82, 2.24) is 15.3 Å². The lowest BCUT2D eigenvalue weighted by atomic mass is 10.3. The molecule has 2 rings (SSSR count). The number of nitrogens with zero attached hydrogens (tertiary/aromatic N) is 3. The molecule has 0 spiro atoms. The minimum absolute atomic E-state index is 0.274. The largest absolute Gasteiger partial charge is 0.363 e. The molecule has 2 heterocycles. The second-order valence-corrected chi connectivity index (χ2v) is 5.79. The van der Waals surface area contributed by atoms with Crippen molar-refractivity contribution in [1.29, 1.82) is 0 Å². The monoisotopic (exact) mass is 305 g/mol. The number of carbonyl (C=O) groups excluding carboxylic acids is 1. The van der Waals surface area contributed by atoms with E-state index in [0.29, 0.717) is 11.7 Å². The second kappa shape index (κ2) is 7.03. The summed E-state index contributed by atoms with van der Waals surface area (Å²) in [5, 5.41) is 6.11. The number of aromatic nitrogens is 2. The molecule has 2 aromatic heterocycles. The first-order valence-electron chi connectivity index (χ1n) is 6.71. The van der Waals surface area contributed by atoms with E-state index in [9.17, 15) is 4.79 Å². The van der Waals surface area contributed by atoms with E-state index in [1.165, 1.54) is 11.3 Å². The zero-order chi connectivity index (χ0) is 15.2. The van der Waals surface area contributed by atoms with Crippen LogP contribution in [0.2, 0.25) is 0 Å². The fraction of sp³-hybridized carbons (Fsp3) is 0.357. The number of pyridine rings is 1. The van der Waals surface area contributed by atoms with Gasteiger partial charge in [-0.25, -0.2) is 14.8 Å². The van der Waals surface area contributed by atoms with Gasteiger partial charge in [-0.05, 0) is 18.6 Å². The van der Waals surface area contributed by atoms with Gasteiger partial charge in [-0.1, -0.05) is 13.0 Å². The molecule has 0 saturated carbocycles. The molecule has 112 valence electrons. The first kappa shape index (κ1) is 15.2. The van der Waals surface area contributed by atoms with Crippen molar-refractivity contribution in [3.05, 3.63) is 35.0 Å². The van der Waals surface area contributed by atoms with Gasteiger partial charge < -0.3 is 10.2 Å². The summed E-state index contributed by atoms with van der Waals surface area (Å²) in [7, 11) is 3.86. The van der Waals surface area contributed by atoms with Gasteiger partial charge in [-0.15, -0.1) is 11.3 Å². The van der Waals surface area contributed by atoms with E-state index in [0.717, 1.165) is 22.8 Å². The molecule has 0 unspecified atom stereocenters. The van der Waals surface area contributed by atoms with Crippen molar-refractivity contribution >= 4 is 28.3 Å². The predicted octanol–water partition coefficient (Wildman–Crippen LogP) is 2.49. The molecule has 0 saturated heterocycles. The minimum Gasteiger partial charge on any atom is -0.363 e. The Labute approximate surface area is 128 Å². The number of hydrogen-bond acceptors (Lipinski definition) is 5. The highest BCUT2D eigenvalue weighted by atomic mass is 32.1. The molecule has 0 aliphatic rings. The Kier molecular flexibility index (Phi) is 5.10. The predicted molar refractivity (Wildman–Crippen MR) is 85.9 cm³/mol. The van der Waals surface area contributed by atoms with E-state index in [2.05, 4.69) is 27.5 Å². The van der Waals surface area contributed by atoms with Gasteiger partial charge in [0, 0.05) is 25.2 Å². The molecule has 2 amide bonds. The Morgan fingerprint density at radius 3 is 2.86 bits per heavy atom. The molecule has 0 fully saturated rings. The Bertz CT molecular complexity index is 611. The summed E-state index contributed by atoms with van der Waals surface area (Å²) in [6.07, 6.45) is 2.70. The smallest absolute Gasteiger partial charge is 0.321 e. The van der Waals surface area contributed by atoms with E-state index in [1.807, 2.05) is 37.2 Å². The summed E-state index contributed by atoms with van der Waals surface area (Å²) < 4.78 is 0. The van der Waals surface area contributed by atoms with E-state index in [-0.39, 0.29) is 6.03 Å². The van der Waals surface area contributed by atoms with Gasteiger partial charge in [0.05, 0.1) is 12.2 Å². The van der Waals surface area contributed by atoms with Crippen LogP contribution in [0, 0.1) is 0 Å². The third-order valence-electron chi connectivity index (χ3n) is 2.80. The maximum Gasteiger partial charge on any atom is 0.321 e. The molecule has 21 heavy (non-hydrogen) atoms. The van der Waals surface area contributed by atoms with Gasteiger partial charge in [-0.2, -0.15) is 0 Å². The van der Waals surface area contributed by atoms with Crippen molar-refractivity contribution in [2.75, 3.05) is 24.3 Å². The van der Waals surface area contributed by atoms with E-state index >= 15 is 0 Å². The molecule has 0 radical (unpaired) electrons. The summed E-state index contributed by atoms with van der Waals surface area (Å²) in [5.41, 5.74) is 0.810. The number of amides is 2. The van der Waals surface area contributed by atoms with Crippen LogP contribution in [-0.4, -0.2) is 30.1 Å². The van der Waals surface area contributed by atoms with Crippen LogP contribution >= 0.6 is 11.3 Å². The molecule has 0 bridgehead atoms. The standard InChI is InChI=1S/C14H19N5OS/c1-4-11-9-16-14(21-11)18-13(20)15-8-10-6-5-7-12(17-10)19(2)3/h5-7,9H,4,8H2,1-3H3,(H2,15,16,18,20). The lowest BCUT2D eigenvalue weighted by Crippen LogP contribution is -2.28. The van der Waals surface area contributed by atoms with Gasteiger partial charge in [0.1, 0.15) is 5.82 Å². The fourth-order valence-electron chi connectivity index (χ4n) is 1.66. The molecule has 0 aromatic carbocycles. The molecule has 2 aromatic rings. The Balaban J connectivity index is 1.87. The zero-order valence-corrected chi connectivity index (χ0v) is 13.2. The number of nitrogens with one attached hydrogen (secondary N) is 2. The highest BCUT2D eigenvalue weighted by molar-refractivity contribution is 7.15. The van der Waals surface area contributed by atoms with Crippen molar-refractivity contribution in [3.63, 3.8) is 0 Å². The summed E-state index contributed by atoms with van der Waals surface area (Å²) in [6, 6.07) is 5.45. The number of urea groups is 1. The maximum atomic E-state index is 11.8.